The second-order valence-corrected chi connectivity index (χ2v) is 8.16. The van der Waals surface area contributed by atoms with Crippen molar-refractivity contribution in [3.8, 4) is 11.5 Å². The third-order valence-electron chi connectivity index (χ3n) is 5.59. The van der Waals surface area contributed by atoms with Crippen molar-refractivity contribution in [3.05, 3.63) is 40.7 Å². The second kappa shape index (κ2) is 8.03. The molecule has 6 heteroatoms. The van der Waals surface area contributed by atoms with Gasteiger partial charge in [-0.15, -0.1) is 0 Å². The lowest BCUT2D eigenvalue weighted by molar-refractivity contribution is -0.128. The minimum Gasteiger partial charge on any atom is -0.441 e. The summed E-state index contributed by atoms with van der Waals surface area (Å²) in [7, 11) is 0. The Labute approximate surface area is 165 Å². The van der Waals surface area contributed by atoms with Gasteiger partial charge in [-0.25, -0.2) is 4.98 Å². The van der Waals surface area contributed by atoms with Gasteiger partial charge in [0.25, 0.3) is 0 Å². The van der Waals surface area contributed by atoms with E-state index in [9.17, 15) is 4.79 Å². The van der Waals surface area contributed by atoms with Crippen molar-refractivity contribution >= 4 is 17.5 Å². The van der Waals surface area contributed by atoms with Crippen molar-refractivity contribution in [3.63, 3.8) is 0 Å². The van der Waals surface area contributed by atoms with Gasteiger partial charge in [0.15, 0.2) is 0 Å². The fourth-order valence-corrected chi connectivity index (χ4v) is 4.37. The molecule has 27 heavy (non-hydrogen) atoms. The lowest BCUT2D eigenvalue weighted by atomic mass is 9.97. The van der Waals surface area contributed by atoms with Crippen LogP contribution in [0.3, 0.4) is 0 Å². The van der Waals surface area contributed by atoms with E-state index in [0.717, 1.165) is 62.6 Å². The van der Waals surface area contributed by atoms with Crippen LogP contribution in [-0.2, 0) is 11.3 Å². The van der Waals surface area contributed by atoms with Crippen LogP contribution in [0.2, 0.25) is 5.02 Å². The Morgan fingerprint density at radius 2 is 2.19 bits per heavy atom. The first kappa shape index (κ1) is 18.5. The normalized spacial score (nSPS) is 21.2. The van der Waals surface area contributed by atoms with Gasteiger partial charge in [-0.1, -0.05) is 17.7 Å². The number of amides is 1. The predicted octanol–water partition coefficient (Wildman–Crippen LogP) is 4.14. The van der Waals surface area contributed by atoms with E-state index in [0.29, 0.717) is 22.7 Å². The van der Waals surface area contributed by atoms with E-state index < -0.39 is 0 Å². The van der Waals surface area contributed by atoms with E-state index in [1.807, 2.05) is 36.1 Å². The number of piperidine rings is 1. The molecule has 0 unspecified atom stereocenters. The van der Waals surface area contributed by atoms with Crippen molar-refractivity contribution in [1.29, 1.82) is 0 Å². The maximum Gasteiger partial charge on any atom is 0.226 e. The monoisotopic (exact) mass is 387 g/mol. The van der Waals surface area contributed by atoms with Crippen LogP contribution in [0.5, 0.6) is 0 Å². The summed E-state index contributed by atoms with van der Waals surface area (Å²) >= 11 is 6.09. The number of oxazole rings is 1. The first-order valence-corrected chi connectivity index (χ1v) is 10.2. The lowest BCUT2D eigenvalue weighted by Crippen LogP contribution is -2.41. The molecule has 3 heterocycles. The summed E-state index contributed by atoms with van der Waals surface area (Å²) in [6, 6.07) is 7.60. The molecule has 1 aromatic carbocycles. The number of carbonyl (C=O) groups is 1. The molecule has 0 saturated carbocycles. The highest BCUT2D eigenvalue weighted by atomic mass is 35.5. The van der Waals surface area contributed by atoms with Crippen LogP contribution in [0.25, 0.3) is 11.5 Å². The average molecular weight is 388 g/mol. The molecule has 4 rings (SSSR count). The van der Waals surface area contributed by atoms with Gasteiger partial charge >= 0.3 is 0 Å². The first-order valence-electron chi connectivity index (χ1n) is 9.81. The molecule has 0 aliphatic carbocycles. The van der Waals surface area contributed by atoms with Gasteiger partial charge in [-0.2, -0.15) is 0 Å². The minimum atomic E-state index is 0.325. The predicted molar refractivity (Wildman–Crippen MR) is 106 cm³/mol. The Bertz CT molecular complexity index is 820. The second-order valence-electron chi connectivity index (χ2n) is 7.72. The maximum atomic E-state index is 11.9. The standard InChI is InChI=1S/C21H26ClN3O2/c1-15-19(23-21(27-15)17-6-2-7-18(22)11-17)14-24-9-3-5-16(12-24)13-25-10-4-8-20(25)26/h2,6-7,11,16H,3-5,8-10,12-14H2,1H3/t16-/m1/s1. The van der Waals surface area contributed by atoms with E-state index in [1.165, 1.54) is 12.8 Å². The van der Waals surface area contributed by atoms with Crippen molar-refractivity contribution < 1.29 is 9.21 Å². The molecule has 2 aromatic rings. The Morgan fingerprint density at radius 1 is 1.30 bits per heavy atom. The highest BCUT2D eigenvalue weighted by molar-refractivity contribution is 6.30. The highest BCUT2D eigenvalue weighted by Gasteiger charge is 2.27. The van der Waals surface area contributed by atoms with Gasteiger partial charge in [0, 0.05) is 43.2 Å². The Kier molecular flexibility index (Phi) is 5.50. The zero-order chi connectivity index (χ0) is 18.8. The molecule has 1 aromatic heterocycles. The summed E-state index contributed by atoms with van der Waals surface area (Å²) in [5.41, 5.74) is 1.89. The molecule has 0 bridgehead atoms. The molecule has 2 aliphatic heterocycles. The zero-order valence-electron chi connectivity index (χ0n) is 15.8. The number of benzene rings is 1. The first-order chi connectivity index (χ1) is 13.1. The molecule has 0 spiro atoms. The summed E-state index contributed by atoms with van der Waals surface area (Å²) in [5, 5.41) is 0.681. The van der Waals surface area contributed by atoms with Crippen LogP contribution in [0, 0.1) is 12.8 Å². The van der Waals surface area contributed by atoms with E-state index in [4.69, 9.17) is 21.0 Å². The molecule has 5 nitrogen and oxygen atoms in total. The Morgan fingerprint density at radius 3 is 2.96 bits per heavy atom. The van der Waals surface area contributed by atoms with Crippen LogP contribution in [0.15, 0.2) is 28.7 Å². The maximum absolute atomic E-state index is 11.9. The minimum absolute atomic E-state index is 0.325. The van der Waals surface area contributed by atoms with Crippen molar-refractivity contribution in [2.24, 2.45) is 5.92 Å². The summed E-state index contributed by atoms with van der Waals surface area (Å²) in [6.45, 7) is 6.69. The van der Waals surface area contributed by atoms with E-state index >= 15 is 0 Å². The van der Waals surface area contributed by atoms with Gasteiger partial charge in [-0.05, 0) is 56.8 Å². The molecular formula is C21H26ClN3O2. The molecule has 1 amide bonds. The smallest absolute Gasteiger partial charge is 0.226 e. The molecule has 2 fully saturated rings. The molecule has 1 atom stereocenters. The van der Waals surface area contributed by atoms with Crippen LogP contribution in [-0.4, -0.2) is 46.9 Å². The summed E-state index contributed by atoms with van der Waals surface area (Å²) < 4.78 is 5.90. The molecule has 2 aliphatic rings. The van der Waals surface area contributed by atoms with Crippen LogP contribution >= 0.6 is 11.6 Å². The number of hydrogen-bond acceptors (Lipinski definition) is 4. The number of likely N-dealkylation sites (tertiary alicyclic amines) is 2. The van der Waals surface area contributed by atoms with Gasteiger partial charge in [0.2, 0.25) is 11.8 Å². The third-order valence-corrected chi connectivity index (χ3v) is 5.83. The van der Waals surface area contributed by atoms with Gasteiger partial charge in [0.05, 0.1) is 5.69 Å². The number of carbonyl (C=O) groups excluding carboxylic acids is 1. The van der Waals surface area contributed by atoms with E-state index in [1.54, 1.807) is 0 Å². The fraction of sp³-hybridized carbons (Fsp3) is 0.524. The Hall–Kier alpha value is -1.85. The summed E-state index contributed by atoms with van der Waals surface area (Å²) in [6.07, 6.45) is 4.11. The lowest BCUT2D eigenvalue weighted by Gasteiger charge is -2.34. The zero-order valence-corrected chi connectivity index (χ0v) is 16.5. The molecule has 0 N–H and O–H groups in total. The van der Waals surface area contributed by atoms with E-state index in [2.05, 4.69) is 4.90 Å². The number of rotatable bonds is 5. The van der Waals surface area contributed by atoms with Crippen molar-refractivity contribution in [2.45, 2.75) is 39.2 Å². The van der Waals surface area contributed by atoms with Gasteiger partial charge in [0.1, 0.15) is 5.76 Å². The fourth-order valence-electron chi connectivity index (χ4n) is 4.18. The molecule has 0 radical (unpaired) electrons. The molecule has 2 saturated heterocycles. The number of hydrogen-bond donors (Lipinski definition) is 0. The topological polar surface area (TPSA) is 49.6 Å². The SMILES string of the molecule is Cc1oc(-c2cccc(Cl)c2)nc1CN1CCC[C@@H](CN2CCCC2=O)C1. The van der Waals surface area contributed by atoms with Crippen molar-refractivity contribution in [1.82, 2.24) is 14.8 Å². The summed E-state index contributed by atoms with van der Waals surface area (Å²) in [4.78, 5) is 21.1. The van der Waals surface area contributed by atoms with Gasteiger partial charge < -0.3 is 9.32 Å². The third kappa shape index (κ3) is 4.36. The van der Waals surface area contributed by atoms with Crippen LogP contribution in [0.4, 0.5) is 0 Å². The molecule has 144 valence electrons. The summed E-state index contributed by atoms with van der Waals surface area (Å²) in [5.74, 6) is 2.37. The Balaban J connectivity index is 1.40. The number of aryl methyl sites for hydroxylation is 1. The molecular weight excluding hydrogens is 362 g/mol. The van der Waals surface area contributed by atoms with Crippen molar-refractivity contribution in [2.75, 3.05) is 26.2 Å². The average Bonchev–Trinajstić information content (AvgIpc) is 3.21. The van der Waals surface area contributed by atoms with E-state index in [-0.39, 0.29) is 0 Å². The van der Waals surface area contributed by atoms with Crippen LogP contribution in [0.1, 0.15) is 37.1 Å². The number of aromatic nitrogens is 1. The number of nitrogens with zero attached hydrogens (tertiary/aromatic N) is 3. The van der Waals surface area contributed by atoms with Crippen LogP contribution < -0.4 is 0 Å². The number of halogens is 1. The highest BCUT2D eigenvalue weighted by Crippen LogP contribution is 2.26. The quantitative estimate of drug-likeness (QED) is 0.773. The largest absolute Gasteiger partial charge is 0.441 e. The van der Waals surface area contributed by atoms with Gasteiger partial charge in [-0.3, -0.25) is 9.69 Å².